The Morgan fingerprint density at radius 1 is 1.18 bits per heavy atom. The van der Waals surface area contributed by atoms with Crippen LogP contribution in [0.25, 0.3) is 0 Å². The number of nitrogen functional groups attached to an aromatic ring is 1. The van der Waals surface area contributed by atoms with Crippen LogP contribution in [0.15, 0.2) is 47.4 Å². The molecule has 0 saturated heterocycles. The molecule has 1 aromatic carbocycles. The highest BCUT2D eigenvalue weighted by Gasteiger charge is 2.05. The van der Waals surface area contributed by atoms with Gasteiger partial charge in [-0.2, -0.15) is 0 Å². The summed E-state index contributed by atoms with van der Waals surface area (Å²) < 4.78 is 1.55. The lowest BCUT2D eigenvalue weighted by Gasteiger charge is -2.08. The molecule has 0 saturated carbocycles. The van der Waals surface area contributed by atoms with Crippen molar-refractivity contribution in [3.8, 4) is 0 Å². The molecule has 1 heterocycles. The van der Waals surface area contributed by atoms with Gasteiger partial charge in [0.2, 0.25) is 5.91 Å². The van der Waals surface area contributed by atoms with E-state index in [9.17, 15) is 9.59 Å². The van der Waals surface area contributed by atoms with Gasteiger partial charge in [0.25, 0.3) is 5.56 Å². The fraction of sp³-hybridized carbons (Fsp3) is 0.250. The van der Waals surface area contributed by atoms with Gasteiger partial charge in [0, 0.05) is 25.2 Å². The number of halogens is 1. The number of nitrogens with one attached hydrogen (secondary N) is 1. The number of aryl methyl sites for hydroxylation is 1. The molecular weight excluding hydrogens is 302 g/mol. The number of hydrogen-bond donors (Lipinski definition) is 2. The average molecular weight is 320 g/mol. The van der Waals surface area contributed by atoms with Crippen LogP contribution in [0.4, 0.5) is 11.4 Å². The Morgan fingerprint density at radius 2 is 1.95 bits per heavy atom. The third-order valence-corrected chi connectivity index (χ3v) is 3.46. The number of nitrogens with two attached hydrogens (primary N) is 1. The predicted octanol–water partition coefficient (Wildman–Crippen LogP) is 2.89. The summed E-state index contributed by atoms with van der Waals surface area (Å²) in [5.74, 6) is -0.0867. The number of para-hydroxylation sites is 2. The van der Waals surface area contributed by atoms with E-state index in [0.717, 1.165) is 6.42 Å². The number of carbonyl (C=O) groups excluding carboxylic acids is 1. The lowest BCUT2D eigenvalue weighted by Crippen LogP contribution is -2.18. The quantitative estimate of drug-likeness (QED) is 0.635. The van der Waals surface area contributed by atoms with Crippen molar-refractivity contribution in [1.29, 1.82) is 0 Å². The van der Waals surface area contributed by atoms with Gasteiger partial charge in [-0.1, -0.05) is 23.7 Å². The predicted molar refractivity (Wildman–Crippen MR) is 89.0 cm³/mol. The summed E-state index contributed by atoms with van der Waals surface area (Å²) in [6, 6.07) is 10.1. The molecule has 0 aliphatic rings. The van der Waals surface area contributed by atoms with Gasteiger partial charge in [-0.15, -0.1) is 0 Å². The molecule has 0 radical (unpaired) electrons. The minimum atomic E-state index is -0.0917. The Balaban J connectivity index is 1.77. The van der Waals surface area contributed by atoms with Crippen LogP contribution in [-0.2, 0) is 11.3 Å². The van der Waals surface area contributed by atoms with E-state index in [0.29, 0.717) is 35.8 Å². The summed E-state index contributed by atoms with van der Waals surface area (Å²) in [5.41, 5.74) is 6.84. The van der Waals surface area contributed by atoms with Gasteiger partial charge >= 0.3 is 0 Å². The van der Waals surface area contributed by atoms with Crippen molar-refractivity contribution in [3.63, 3.8) is 0 Å². The molecule has 0 atom stereocenters. The van der Waals surface area contributed by atoms with E-state index in [2.05, 4.69) is 5.32 Å². The van der Waals surface area contributed by atoms with Gasteiger partial charge in [-0.3, -0.25) is 9.59 Å². The molecule has 0 aliphatic heterocycles. The molecule has 22 heavy (non-hydrogen) atoms. The Hall–Kier alpha value is -2.27. The van der Waals surface area contributed by atoms with Crippen molar-refractivity contribution in [3.05, 3.63) is 58.0 Å². The van der Waals surface area contributed by atoms with E-state index in [4.69, 9.17) is 17.3 Å². The van der Waals surface area contributed by atoms with Gasteiger partial charge < -0.3 is 15.6 Å². The zero-order chi connectivity index (χ0) is 15.9. The molecule has 0 fully saturated rings. The number of unbranched alkanes of at least 4 members (excludes halogenated alkanes) is 1. The maximum Gasteiger partial charge on any atom is 0.250 e. The normalized spacial score (nSPS) is 10.4. The molecular formula is C16H18ClN3O2. The molecule has 1 aromatic heterocycles. The number of anilines is 2. The van der Waals surface area contributed by atoms with E-state index >= 15 is 0 Å². The van der Waals surface area contributed by atoms with Crippen LogP contribution in [0, 0.1) is 0 Å². The fourth-order valence-electron chi connectivity index (χ4n) is 2.07. The number of rotatable bonds is 6. The van der Waals surface area contributed by atoms with Gasteiger partial charge in [0.15, 0.2) is 0 Å². The number of carbonyl (C=O) groups is 1. The summed E-state index contributed by atoms with van der Waals surface area (Å²) in [4.78, 5) is 23.4. The zero-order valence-corrected chi connectivity index (χ0v) is 12.8. The van der Waals surface area contributed by atoms with Crippen LogP contribution in [0.3, 0.4) is 0 Å². The second kappa shape index (κ2) is 7.66. The second-order valence-electron chi connectivity index (χ2n) is 4.97. The van der Waals surface area contributed by atoms with Crippen molar-refractivity contribution in [2.24, 2.45) is 0 Å². The fourth-order valence-corrected chi connectivity index (χ4v) is 2.25. The molecule has 0 aliphatic carbocycles. The molecule has 6 heteroatoms. The van der Waals surface area contributed by atoms with E-state index < -0.39 is 0 Å². The summed E-state index contributed by atoms with van der Waals surface area (Å²) in [6.07, 6.45) is 3.38. The SMILES string of the molecule is Nc1ccccc1NC(=O)CCCCn1cc(Cl)ccc1=O. The first-order valence-corrected chi connectivity index (χ1v) is 7.44. The number of hydrogen-bond acceptors (Lipinski definition) is 3. The van der Waals surface area contributed by atoms with Crippen LogP contribution in [-0.4, -0.2) is 10.5 Å². The van der Waals surface area contributed by atoms with Crippen LogP contribution in [0.2, 0.25) is 5.02 Å². The number of amides is 1. The lowest BCUT2D eigenvalue weighted by molar-refractivity contribution is -0.116. The Bertz CT molecular complexity index is 713. The van der Waals surface area contributed by atoms with E-state index in [1.54, 1.807) is 29.0 Å². The van der Waals surface area contributed by atoms with Crippen LogP contribution in [0.5, 0.6) is 0 Å². The maximum atomic E-state index is 11.8. The summed E-state index contributed by atoms with van der Waals surface area (Å²) in [5, 5.41) is 3.30. The van der Waals surface area contributed by atoms with Crippen molar-refractivity contribution >= 4 is 28.9 Å². The first kappa shape index (κ1) is 16.1. The number of aromatic nitrogens is 1. The van der Waals surface area contributed by atoms with Crippen molar-refractivity contribution in [1.82, 2.24) is 4.57 Å². The van der Waals surface area contributed by atoms with Gasteiger partial charge in [0.1, 0.15) is 0 Å². The zero-order valence-electron chi connectivity index (χ0n) is 12.1. The van der Waals surface area contributed by atoms with E-state index in [1.165, 1.54) is 6.07 Å². The molecule has 5 nitrogen and oxygen atoms in total. The topological polar surface area (TPSA) is 77.1 Å². The highest BCUT2D eigenvalue weighted by atomic mass is 35.5. The third kappa shape index (κ3) is 4.63. The van der Waals surface area contributed by atoms with Crippen molar-refractivity contribution in [2.75, 3.05) is 11.1 Å². The van der Waals surface area contributed by atoms with Gasteiger partial charge in [-0.05, 0) is 31.0 Å². The monoisotopic (exact) mass is 319 g/mol. The number of pyridine rings is 1. The Labute approximate surface area is 133 Å². The van der Waals surface area contributed by atoms with Crippen LogP contribution >= 0.6 is 11.6 Å². The summed E-state index contributed by atoms with van der Waals surface area (Å²) in [6.45, 7) is 0.542. The third-order valence-electron chi connectivity index (χ3n) is 3.24. The molecule has 2 aromatic rings. The van der Waals surface area contributed by atoms with Gasteiger partial charge in [-0.25, -0.2) is 0 Å². The average Bonchev–Trinajstić information content (AvgIpc) is 2.49. The summed E-state index contributed by atoms with van der Waals surface area (Å²) in [7, 11) is 0. The first-order valence-electron chi connectivity index (χ1n) is 7.06. The number of benzene rings is 1. The Kier molecular flexibility index (Phi) is 5.61. The first-order chi connectivity index (χ1) is 10.6. The molecule has 1 amide bonds. The van der Waals surface area contributed by atoms with E-state index in [1.807, 2.05) is 12.1 Å². The summed E-state index contributed by atoms with van der Waals surface area (Å²) >= 11 is 5.85. The van der Waals surface area contributed by atoms with Crippen LogP contribution < -0.4 is 16.6 Å². The molecule has 3 N–H and O–H groups in total. The minimum absolute atomic E-state index is 0.0867. The molecule has 116 valence electrons. The molecule has 0 unspecified atom stereocenters. The highest BCUT2D eigenvalue weighted by Crippen LogP contribution is 2.17. The second-order valence-corrected chi connectivity index (χ2v) is 5.41. The molecule has 2 rings (SSSR count). The maximum absolute atomic E-state index is 11.8. The van der Waals surface area contributed by atoms with E-state index in [-0.39, 0.29) is 11.5 Å². The highest BCUT2D eigenvalue weighted by molar-refractivity contribution is 6.30. The van der Waals surface area contributed by atoms with Crippen molar-refractivity contribution < 1.29 is 4.79 Å². The minimum Gasteiger partial charge on any atom is -0.397 e. The van der Waals surface area contributed by atoms with Crippen LogP contribution in [0.1, 0.15) is 19.3 Å². The molecule has 0 bridgehead atoms. The lowest BCUT2D eigenvalue weighted by atomic mass is 10.2. The number of nitrogens with zero attached hydrogens (tertiary/aromatic N) is 1. The largest absolute Gasteiger partial charge is 0.397 e. The Morgan fingerprint density at radius 3 is 2.73 bits per heavy atom. The smallest absolute Gasteiger partial charge is 0.250 e. The van der Waals surface area contributed by atoms with Gasteiger partial charge in [0.05, 0.1) is 16.4 Å². The standard InChI is InChI=1S/C16H18ClN3O2/c17-12-8-9-16(22)20(11-12)10-4-3-7-15(21)19-14-6-2-1-5-13(14)18/h1-2,5-6,8-9,11H,3-4,7,10,18H2,(H,19,21). The molecule has 0 spiro atoms. The van der Waals surface area contributed by atoms with Crippen molar-refractivity contribution in [2.45, 2.75) is 25.8 Å².